The first-order valence-corrected chi connectivity index (χ1v) is 7.02. The second-order valence-corrected chi connectivity index (χ2v) is 4.81. The van der Waals surface area contributed by atoms with Crippen LogP contribution in [0.1, 0.15) is 0 Å². The Balaban J connectivity index is 1.93. The average molecular weight is 293 g/mol. The summed E-state index contributed by atoms with van der Waals surface area (Å²) in [6.07, 6.45) is 0. The van der Waals surface area contributed by atoms with E-state index in [4.69, 9.17) is 13.9 Å². The second kappa shape index (κ2) is 6.31. The average Bonchev–Trinajstić information content (AvgIpc) is 2.62. The molecule has 0 saturated heterocycles. The van der Waals surface area contributed by atoms with Gasteiger partial charge in [0, 0.05) is 12.1 Å². The van der Waals surface area contributed by atoms with Crippen LogP contribution in [0, 0.1) is 0 Å². The molecule has 2 aromatic carbocycles. The van der Waals surface area contributed by atoms with Crippen molar-refractivity contribution in [1.82, 2.24) is 0 Å². The van der Waals surface area contributed by atoms with Gasteiger partial charge in [-0.1, -0.05) is 0 Å². The summed E-state index contributed by atoms with van der Waals surface area (Å²) in [5, 5.41) is 0. The van der Waals surface area contributed by atoms with Gasteiger partial charge in [-0.3, -0.25) is 0 Å². The molecule has 1 heterocycles. The van der Waals surface area contributed by atoms with Gasteiger partial charge in [0.2, 0.25) is 0 Å². The van der Waals surface area contributed by atoms with Gasteiger partial charge in [-0.25, -0.2) is 4.42 Å². The minimum Gasteiger partial charge on any atom is -0.497 e. The maximum Gasteiger partial charge on any atom is 0.360 e. The highest BCUT2D eigenvalue weighted by molar-refractivity contribution is 5.63. The van der Waals surface area contributed by atoms with Crippen molar-refractivity contribution in [2.24, 2.45) is 0 Å². The van der Waals surface area contributed by atoms with E-state index in [-0.39, 0.29) is 0 Å². The van der Waals surface area contributed by atoms with Crippen molar-refractivity contribution < 1.29 is 13.9 Å². The Hall–Kier alpha value is -2.81. The van der Waals surface area contributed by atoms with Crippen LogP contribution in [-0.2, 0) is 0 Å². The number of ether oxygens (including phenoxy) is 2. The summed E-state index contributed by atoms with van der Waals surface area (Å²) in [6.45, 7) is 0. The van der Waals surface area contributed by atoms with Crippen LogP contribution >= 0.6 is 0 Å². The molecule has 0 unspecified atom stereocenters. The van der Waals surface area contributed by atoms with E-state index in [0.29, 0.717) is 0 Å². The van der Waals surface area contributed by atoms with Gasteiger partial charge < -0.3 is 9.47 Å². The first-order chi connectivity index (χ1) is 10.8. The summed E-state index contributed by atoms with van der Waals surface area (Å²) in [7, 11) is 3.31. The van der Waals surface area contributed by atoms with Gasteiger partial charge in [-0.15, -0.1) is 0 Å². The fourth-order valence-corrected chi connectivity index (χ4v) is 2.23. The van der Waals surface area contributed by atoms with Crippen molar-refractivity contribution >= 4 is 0 Å². The summed E-state index contributed by atoms with van der Waals surface area (Å²) in [5.74, 6) is 3.29. The van der Waals surface area contributed by atoms with Crippen molar-refractivity contribution in [3.63, 3.8) is 0 Å². The van der Waals surface area contributed by atoms with E-state index in [0.717, 1.165) is 34.1 Å². The lowest BCUT2D eigenvalue weighted by Gasteiger charge is -2.00. The molecule has 0 atom stereocenters. The largest absolute Gasteiger partial charge is 0.497 e. The maximum absolute atomic E-state index is 6.01. The Morgan fingerprint density at radius 2 is 1.00 bits per heavy atom. The number of hydrogen-bond acceptors (Lipinski definition) is 2. The van der Waals surface area contributed by atoms with Gasteiger partial charge >= 0.3 is 11.5 Å². The fraction of sp³-hybridized carbons (Fsp3) is 0.105. The number of benzene rings is 2. The standard InChI is InChI=1S/C19H17O3/c1-20-16-10-6-14(7-11-16)18-4-3-5-19(22-18)15-8-12-17(21-2)13-9-15/h3-13H,1-2H3/q+1. The highest BCUT2D eigenvalue weighted by Gasteiger charge is 2.16. The molecule has 0 radical (unpaired) electrons. The van der Waals surface area contributed by atoms with E-state index in [1.54, 1.807) is 14.2 Å². The van der Waals surface area contributed by atoms with Gasteiger partial charge in [0.15, 0.2) is 0 Å². The van der Waals surface area contributed by atoms with Gasteiger partial charge in [0.05, 0.1) is 25.3 Å². The Labute approximate surface area is 129 Å². The summed E-state index contributed by atoms with van der Waals surface area (Å²) in [4.78, 5) is 0. The number of hydrogen-bond donors (Lipinski definition) is 0. The molecule has 22 heavy (non-hydrogen) atoms. The van der Waals surface area contributed by atoms with Crippen LogP contribution in [0.3, 0.4) is 0 Å². The molecule has 3 nitrogen and oxygen atoms in total. The molecule has 3 heteroatoms. The van der Waals surface area contributed by atoms with Crippen molar-refractivity contribution in [3.8, 4) is 34.1 Å². The van der Waals surface area contributed by atoms with E-state index < -0.39 is 0 Å². The third kappa shape index (κ3) is 2.93. The monoisotopic (exact) mass is 293 g/mol. The van der Waals surface area contributed by atoms with Gasteiger partial charge in [-0.05, 0) is 54.6 Å². The van der Waals surface area contributed by atoms with Crippen LogP contribution in [0.25, 0.3) is 22.6 Å². The molecule has 0 aliphatic heterocycles. The minimum atomic E-state index is 0.816. The predicted molar refractivity (Wildman–Crippen MR) is 87.1 cm³/mol. The van der Waals surface area contributed by atoms with Gasteiger partial charge in [-0.2, -0.15) is 0 Å². The third-order valence-electron chi connectivity index (χ3n) is 3.46. The predicted octanol–water partition coefficient (Wildman–Crippen LogP) is 4.91. The van der Waals surface area contributed by atoms with E-state index in [1.807, 2.05) is 66.7 Å². The molecule has 3 aromatic rings. The smallest absolute Gasteiger partial charge is 0.360 e. The molecule has 110 valence electrons. The molecule has 1 aromatic heterocycles. The summed E-state index contributed by atoms with van der Waals surface area (Å²) in [6, 6.07) is 21.5. The van der Waals surface area contributed by atoms with Gasteiger partial charge in [0.1, 0.15) is 11.5 Å². The second-order valence-electron chi connectivity index (χ2n) is 4.81. The van der Waals surface area contributed by atoms with Crippen molar-refractivity contribution in [1.29, 1.82) is 0 Å². The first kappa shape index (κ1) is 14.1. The molecular weight excluding hydrogens is 276 g/mol. The van der Waals surface area contributed by atoms with Crippen LogP contribution in [0.5, 0.6) is 11.5 Å². The SMILES string of the molecule is COc1ccc(-c2cccc(-c3ccc(OC)cc3)[o+]2)cc1. The van der Waals surface area contributed by atoms with E-state index in [1.165, 1.54) is 0 Å². The molecule has 0 spiro atoms. The fourth-order valence-electron chi connectivity index (χ4n) is 2.23. The lowest BCUT2D eigenvalue weighted by atomic mass is 10.1. The summed E-state index contributed by atoms with van der Waals surface area (Å²) >= 11 is 0. The van der Waals surface area contributed by atoms with E-state index >= 15 is 0 Å². The molecule has 0 saturated carbocycles. The topological polar surface area (TPSA) is 29.8 Å². The zero-order valence-electron chi connectivity index (χ0n) is 12.6. The zero-order chi connectivity index (χ0) is 15.4. The normalized spacial score (nSPS) is 10.3. The molecule has 0 bridgehead atoms. The van der Waals surface area contributed by atoms with Gasteiger partial charge in [0.25, 0.3) is 0 Å². The Morgan fingerprint density at radius 3 is 1.36 bits per heavy atom. The zero-order valence-corrected chi connectivity index (χ0v) is 12.6. The van der Waals surface area contributed by atoms with E-state index in [9.17, 15) is 0 Å². The van der Waals surface area contributed by atoms with Crippen molar-refractivity contribution in [2.75, 3.05) is 14.2 Å². The lowest BCUT2D eigenvalue weighted by molar-refractivity contribution is 0.415. The minimum absolute atomic E-state index is 0.816. The quantitative estimate of drug-likeness (QED) is 0.640. The highest BCUT2D eigenvalue weighted by Crippen LogP contribution is 2.28. The van der Waals surface area contributed by atoms with E-state index in [2.05, 4.69) is 0 Å². The Kier molecular flexibility index (Phi) is 4.05. The van der Waals surface area contributed by atoms with Crippen LogP contribution in [0.15, 0.2) is 71.1 Å². The van der Waals surface area contributed by atoms with Crippen LogP contribution in [0.4, 0.5) is 0 Å². The van der Waals surface area contributed by atoms with Crippen LogP contribution < -0.4 is 9.47 Å². The third-order valence-corrected chi connectivity index (χ3v) is 3.46. The first-order valence-electron chi connectivity index (χ1n) is 7.02. The molecular formula is C19H17O3+. The Morgan fingerprint density at radius 1 is 0.591 bits per heavy atom. The van der Waals surface area contributed by atoms with Crippen LogP contribution in [0.2, 0.25) is 0 Å². The Bertz CT molecular complexity index is 684. The lowest BCUT2D eigenvalue weighted by Crippen LogP contribution is -1.85. The molecule has 0 fully saturated rings. The molecule has 0 aliphatic rings. The molecule has 0 aliphatic carbocycles. The molecule has 3 rings (SSSR count). The summed E-state index contributed by atoms with van der Waals surface area (Å²) < 4.78 is 16.4. The molecule has 0 N–H and O–H groups in total. The van der Waals surface area contributed by atoms with Crippen LogP contribution in [-0.4, -0.2) is 14.2 Å². The number of rotatable bonds is 4. The number of methoxy groups -OCH3 is 2. The van der Waals surface area contributed by atoms with Crippen molar-refractivity contribution in [3.05, 3.63) is 66.7 Å². The van der Waals surface area contributed by atoms with Crippen molar-refractivity contribution in [2.45, 2.75) is 0 Å². The maximum atomic E-state index is 6.01. The highest BCUT2D eigenvalue weighted by atomic mass is 16.5. The molecule has 0 amide bonds. The summed E-state index contributed by atoms with van der Waals surface area (Å²) in [5.41, 5.74) is 2.02.